The maximum absolute atomic E-state index is 11.7. The van der Waals surface area contributed by atoms with Crippen LogP contribution in [0.5, 0.6) is 0 Å². The van der Waals surface area contributed by atoms with Gasteiger partial charge in [0.05, 0.1) is 6.20 Å². The fourth-order valence-electron chi connectivity index (χ4n) is 1.58. The molecule has 1 N–H and O–H groups in total. The van der Waals surface area contributed by atoms with Gasteiger partial charge >= 0.3 is 0 Å². The zero-order valence-corrected chi connectivity index (χ0v) is 9.74. The van der Waals surface area contributed by atoms with Crippen LogP contribution in [0, 0.1) is 0 Å². The van der Waals surface area contributed by atoms with Gasteiger partial charge in [-0.3, -0.25) is 10.1 Å². The van der Waals surface area contributed by atoms with E-state index in [4.69, 9.17) is 8.94 Å². The summed E-state index contributed by atoms with van der Waals surface area (Å²) in [6.45, 7) is 0. The number of hydrogen-bond acceptors (Lipinski definition) is 5. The van der Waals surface area contributed by atoms with Gasteiger partial charge in [0.25, 0.3) is 5.91 Å². The Kier molecular flexibility index (Phi) is 2.82. The number of amides is 1. The lowest BCUT2D eigenvalue weighted by molar-refractivity contribution is 0.0993. The number of aromatic nitrogens is 2. The van der Waals surface area contributed by atoms with Crippen LogP contribution < -0.4 is 5.32 Å². The number of carbonyl (C=O) groups is 1. The molecule has 94 valence electrons. The smallest absolute Gasteiger partial charge is 0.295 e. The second-order valence-corrected chi connectivity index (χ2v) is 3.76. The largest absolute Gasteiger partial charge is 0.438 e. The second-order valence-electron chi connectivity index (χ2n) is 3.76. The van der Waals surface area contributed by atoms with Crippen LogP contribution in [0.4, 0.5) is 5.88 Å². The van der Waals surface area contributed by atoms with Gasteiger partial charge in [0.15, 0.2) is 6.39 Å². The highest BCUT2D eigenvalue weighted by Gasteiger charge is 2.13. The predicted octanol–water partition coefficient (Wildman–Crippen LogP) is 2.58. The Morgan fingerprint density at radius 3 is 2.79 bits per heavy atom. The van der Waals surface area contributed by atoms with Crippen molar-refractivity contribution in [3.63, 3.8) is 0 Å². The number of hydrogen-bond donors (Lipinski definition) is 1. The fraction of sp³-hybridized carbons (Fsp3) is 0. The third kappa shape index (κ3) is 2.37. The summed E-state index contributed by atoms with van der Waals surface area (Å²) in [6, 6.07) is 11.2. The predicted molar refractivity (Wildman–Crippen MR) is 66.4 cm³/mol. The maximum Gasteiger partial charge on any atom is 0.295 e. The molecule has 0 radical (unpaired) electrons. The number of carbonyl (C=O) groups excluding carboxylic acids is 1. The average Bonchev–Trinajstić information content (AvgIpc) is 3.11. The summed E-state index contributed by atoms with van der Waals surface area (Å²) in [5.41, 5.74) is 1.56. The molecule has 6 nitrogen and oxygen atoms in total. The van der Waals surface area contributed by atoms with E-state index in [2.05, 4.69) is 15.5 Å². The first-order chi connectivity index (χ1) is 9.33. The molecule has 0 unspecified atom stereocenters. The molecule has 0 atom stereocenters. The highest BCUT2D eigenvalue weighted by Crippen LogP contribution is 2.21. The van der Waals surface area contributed by atoms with Gasteiger partial charge in [0.1, 0.15) is 5.69 Å². The Morgan fingerprint density at radius 2 is 2.05 bits per heavy atom. The molecule has 0 bridgehead atoms. The molecule has 0 fully saturated rings. The molecule has 6 heteroatoms. The molecule has 1 amide bonds. The number of nitrogens with zero attached hydrogens (tertiary/aromatic N) is 2. The summed E-state index contributed by atoms with van der Waals surface area (Å²) in [4.78, 5) is 15.4. The number of anilines is 1. The van der Waals surface area contributed by atoms with Crippen molar-refractivity contribution >= 4 is 11.8 Å². The molecule has 0 spiro atoms. The molecular weight excluding hydrogens is 246 g/mol. The van der Waals surface area contributed by atoms with Crippen molar-refractivity contribution in [3.05, 3.63) is 54.7 Å². The Labute approximate surface area is 108 Å². The first-order valence-corrected chi connectivity index (χ1v) is 5.55. The SMILES string of the molecule is O=C(Nc1cc(-c2ccccc2)no1)c1cnco1. The minimum Gasteiger partial charge on any atom is -0.438 e. The van der Waals surface area contributed by atoms with Crippen LogP contribution in [0.2, 0.25) is 0 Å². The first-order valence-electron chi connectivity index (χ1n) is 5.55. The molecule has 0 saturated heterocycles. The zero-order chi connectivity index (χ0) is 13.1. The molecule has 1 aromatic carbocycles. The van der Waals surface area contributed by atoms with Crippen molar-refractivity contribution in [3.8, 4) is 11.3 Å². The lowest BCUT2D eigenvalue weighted by Gasteiger charge is -1.95. The molecule has 0 aliphatic rings. The molecule has 0 aliphatic carbocycles. The van der Waals surface area contributed by atoms with E-state index < -0.39 is 5.91 Å². The highest BCUT2D eigenvalue weighted by molar-refractivity contribution is 6.01. The van der Waals surface area contributed by atoms with E-state index in [1.54, 1.807) is 6.07 Å². The van der Waals surface area contributed by atoms with Crippen molar-refractivity contribution in [1.29, 1.82) is 0 Å². The minimum absolute atomic E-state index is 0.109. The monoisotopic (exact) mass is 255 g/mol. The second kappa shape index (κ2) is 4.77. The van der Waals surface area contributed by atoms with E-state index in [0.717, 1.165) is 5.56 Å². The summed E-state index contributed by atoms with van der Waals surface area (Å²) in [5, 5.41) is 6.42. The van der Waals surface area contributed by atoms with Crippen molar-refractivity contribution in [2.24, 2.45) is 0 Å². The minimum atomic E-state index is -0.437. The van der Waals surface area contributed by atoms with E-state index in [9.17, 15) is 4.79 Å². The van der Waals surface area contributed by atoms with Gasteiger partial charge in [0.2, 0.25) is 11.6 Å². The number of nitrogens with one attached hydrogen (secondary N) is 1. The molecule has 3 rings (SSSR count). The van der Waals surface area contributed by atoms with Crippen LogP contribution in [-0.2, 0) is 0 Å². The van der Waals surface area contributed by atoms with E-state index >= 15 is 0 Å². The number of rotatable bonds is 3. The topological polar surface area (TPSA) is 81.2 Å². The molecule has 19 heavy (non-hydrogen) atoms. The van der Waals surface area contributed by atoms with Gasteiger partial charge in [-0.15, -0.1) is 0 Å². The Bertz CT molecular complexity index is 674. The molecule has 3 aromatic rings. The van der Waals surface area contributed by atoms with Crippen molar-refractivity contribution < 1.29 is 13.7 Å². The summed E-state index contributed by atoms with van der Waals surface area (Å²) in [7, 11) is 0. The van der Waals surface area contributed by atoms with E-state index in [-0.39, 0.29) is 11.6 Å². The Balaban J connectivity index is 1.77. The Morgan fingerprint density at radius 1 is 1.21 bits per heavy atom. The molecule has 0 saturated carbocycles. The van der Waals surface area contributed by atoms with Crippen LogP contribution in [0.25, 0.3) is 11.3 Å². The summed E-state index contributed by atoms with van der Waals surface area (Å²) in [6.07, 6.45) is 2.51. The van der Waals surface area contributed by atoms with Crippen LogP contribution >= 0.6 is 0 Å². The van der Waals surface area contributed by atoms with Crippen LogP contribution in [0.1, 0.15) is 10.6 Å². The molecule has 2 heterocycles. The zero-order valence-electron chi connectivity index (χ0n) is 9.74. The third-order valence-corrected chi connectivity index (χ3v) is 2.47. The number of oxazole rings is 1. The summed E-state index contributed by atoms with van der Waals surface area (Å²) < 4.78 is 9.92. The molecule has 0 aliphatic heterocycles. The van der Waals surface area contributed by atoms with Gasteiger partial charge in [-0.05, 0) is 0 Å². The van der Waals surface area contributed by atoms with Gasteiger partial charge in [0, 0.05) is 11.6 Å². The van der Waals surface area contributed by atoms with E-state index in [0.29, 0.717) is 5.69 Å². The van der Waals surface area contributed by atoms with E-state index in [1.807, 2.05) is 30.3 Å². The van der Waals surface area contributed by atoms with Crippen molar-refractivity contribution in [1.82, 2.24) is 10.1 Å². The van der Waals surface area contributed by atoms with Gasteiger partial charge in [-0.2, -0.15) is 0 Å². The summed E-state index contributed by atoms with van der Waals surface area (Å²) >= 11 is 0. The highest BCUT2D eigenvalue weighted by atomic mass is 16.5. The molecular formula is C13H9N3O3. The van der Waals surface area contributed by atoms with Crippen LogP contribution in [-0.4, -0.2) is 16.0 Å². The van der Waals surface area contributed by atoms with Gasteiger partial charge < -0.3 is 8.94 Å². The molecule has 2 aromatic heterocycles. The fourth-order valence-corrected chi connectivity index (χ4v) is 1.58. The lowest BCUT2D eigenvalue weighted by atomic mass is 10.2. The van der Waals surface area contributed by atoms with Crippen LogP contribution in [0.3, 0.4) is 0 Å². The number of benzene rings is 1. The standard InChI is InChI=1S/C13H9N3O3/c17-13(11-7-14-8-18-11)15-12-6-10(16-19-12)9-4-2-1-3-5-9/h1-8H,(H,15,17). The lowest BCUT2D eigenvalue weighted by Crippen LogP contribution is -2.09. The maximum atomic E-state index is 11.7. The van der Waals surface area contributed by atoms with Gasteiger partial charge in [-0.1, -0.05) is 35.5 Å². The first kappa shape index (κ1) is 11.2. The normalized spacial score (nSPS) is 10.3. The summed E-state index contributed by atoms with van der Waals surface area (Å²) in [5.74, 6) is -0.0776. The van der Waals surface area contributed by atoms with Gasteiger partial charge in [-0.25, -0.2) is 4.98 Å². The van der Waals surface area contributed by atoms with Crippen LogP contribution in [0.15, 0.2) is 57.9 Å². The van der Waals surface area contributed by atoms with Crippen molar-refractivity contribution in [2.45, 2.75) is 0 Å². The third-order valence-electron chi connectivity index (χ3n) is 2.47. The van der Waals surface area contributed by atoms with E-state index in [1.165, 1.54) is 12.6 Å². The Hall–Kier alpha value is -2.89. The van der Waals surface area contributed by atoms with Crippen molar-refractivity contribution in [2.75, 3.05) is 5.32 Å². The quantitative estimate of drug-likeness (QED) is 0.777. The average molecular weight is 255 g/mol.